The highest BCUT2D eigenvalue weighted by Gasteiger charge is 2.16. The summed E-state index contributed by atoms with van der Waals surface area (Å²) in [5.74, 6) is -1.57. The number of rotatable bonds is 3. The maximum atomic E-state index is 12.1. The second-order valence-electron chi connectivity index (χ2n) is 4.13. The van der Waals surface area contributed by atoms with Gasteiger partial charge in [0.25, 0.3) is 5.91 Å². The van der Waals surface area contributed by atoms with Crippen molar-refractivity contribution in [3.8, 4) is 0 Å². The number of carbonyl (C=O) groups excluding carboxylic acids is 1. The highest BCUT2D eigenvalue weighted by molar-refractivity contribution is 9.10. The summed E-state index contributed by atoms with van der Waals surface area (Å²) in [5, 5.41) is 12.0. The number of aryl methyl sites for hydroxylation is 1. The first-order chi connectivity index (χ1) is 9.38. The van der Waals surface area contributed by atoms with E-state index in [4.69, 9.17) is 16.7 Å². The molecular weight excluding hydrogens is 348 g/mol. The van der Waals surface area contributed by atoms with Crippen LogP contribution in [0, 0.1) is 6.92 Å². The van der Waals surface area contributed by atoms with E-state index in [1.54, 1.807) is 25.1 Å². The van der Waals surface area contributed by atoms with Gasteiger partial charge in [-0.05, 0) is 47.1 Å². The van der Waals surface area contributed by atoms with Crippen molar-refractivity contribution in [2.24, 2.45) is 0 Å². The number of aromatic carboxylic acids is 1. The summed E-state index contributed by atoms with van der Waals surface area (Å²) in [6.45, 7) is 1.71. The molecule has 0 saturated heterocycles. The zero-order chi connectivity index (χ0) is 14.9. The summed E-state index contributed by atoms with van der Waals surface area (Å²) in [7, 11) is 0. The number of carbonyl (C=O) groups is 2. The molecule has 5 nitrogen and oxygen atoms in total. The van der Waals surface area contributed by atoms with Crippen molar-refractivity contribution in [1.29, 1.82) is 0 Å². The number of nitrogens with one attached hydrogen (secondary N) is 2. The van der Waals surface area contributed by atoms with Gasteiger partial charge in [-0.15, -0.1) is 0 Å². The molecule has 0 bridgehead atoms. The first kappa shape index (κ1) is 14.6. The van der Waals surface area contributed by atoms with E-state index < -0.39 is 11.9 Å². The van der Waals surface area contributed by atoms with E-state index in [0.717, 1.165) is 0 Å². The number of benzene rings is 1. The van der Waals surface area contributed by atoms with Gasteiger partial charge in [0.2, 0.25) is 0 Å². The molecule has 7 heteroatoms. The third kappa shape index (κ3) is 3.02. The Morgan fingerprint density at radius 1 is 1.35 bits per heavy atom. The van der Waals surface area contributed by atoms with Crippen LogP contribution in [0.4, 0.5) is 5.69 Å². The van der Waals surface area contributed by atoms with Gasteiger partial charge in [0, 0.05) is 15.7 Å². The molecule has 1 aromatic carbocycles. The summed E-state index contributed by atoms with van der Waals surface area (Å²) in [5.41, 5.74) is 1.15. The number of aromatic nitrogens is 1. The molecule has 0 radical (unpaired) electrons. The van der Waals surface area contributed by atoms with Gasteiger partial charge in [0.1, 0.15) is 5.69 Å². The number of halogens is 2. The number of carboxylic acids is 1. The van der Waals surface area contributed by atoms with Crippen molar-refractivity contribution in [3.63, 3.8) is 0 Å². The first-order valence-electron chi connectivity index (χ1n) is 5.58. The smallest absolute Gasteiger partial charge is 0.354 e. The SMILES string of the molecule is Cc1cc(NC(=O)c2ccc(Br)c(Cl)c2)c(C(=O)O)[nH]1. The number of hydrogen-bond donors (Lipinski definition) is 3. The summed E-state index contributed by atoms with van der Waals surface area (Å²) < 4.78 is 0.680. The molecule has 20 heavy (non-hydrogen) atoms. The molecule has 2 aromatic rings. The Kier molecular flexibility index (Phi) is 4.15. The van der Waals surface area contributed by atoms with Crippen molar-refractivity contribution < 1.29 is 14.7 Å². The lowest BCUT2D eigenvalue weighted by Gasteiger charge is -2.05. The minimum Gasteiger partial charge on any atom is -0.477 e. The normalized spacial score (nSPS) is 10.3. The molecular formula is C13H10BrClN2O3. The van der Waals surface area contributed by atoms with E-state index in [0.29, 0.717) is 20.8 Å². The fourth-order valence-corrected chi connectivity index (χ4v) is 2.12. The Hall–Kier alpha value is -1.79. The number of carboxylic acid groups (broad SMARTS) is 1. The quantitative estimate of drug-likeness (QED) is 0.783. The Labute approximate surface area is 128 Å². The zero-order valence-electron chi connectivity index (χ0n) is 10.3. The first-order valence-corrected chi connectivity index (χ1v) is 6.75. The van der Waals surface area contributed by atoms with E-state index >= 15 is 0 Å². The second-order valence-corrected chi connectivity index (χ2v) is 5.39. The number of hydrogen-bond acceptors (Lipinski definition) is 2. The van der Waals surface area contributed by atoms with Crippen LogP contribution in [0.5, 0.6) is 0 Å². The fourth-order valence-electron chi connectivity index (χ4n) is 1.69. The second kappa shape index (κ2) is 5.68. The molecule has 0 aliphatic rings. The molecule has 0 unspecified atom stereocenters. The van der Waals surface area contributed by atoms with Crippen LogP contribution in [0.25, 0.3) is 0 Å². The van der Waals surface area contributed by atoms with E-state index in [-0.39, 0.29) is 11.4 Å². The molecule has 104 valence electrons. The van der Waals surface area contributed by atoms with Gasteiger partial charge >= 0.3 is 5.97 Å². The van der Waals surface area contributed by atoms with Crippen LogP contribution in [-0.4, -0.2) is 22.0 Å². The molecule has 1 amide bonds. The molecule has 1 heterocycles. The number of amides is 1. The van der Waals surface area contributed by atoms with Gasteiger partial charge in [-0.3, -0.25) is 4.79 Å². The van der Waals surface area contributed by atoms with Crippen LogP contribution >= 0.6 is 27.5 Å². The summed E-state index contributed by atoms with van der Waals surface area (Å²) in [6, 6.07) is 6.30. The van der Waals surface area contributed by atoms with Crippen molar-refractivity contribution in [2.45, 2.75) is 6.92 Å². The van der Waals surface area contributed by atoms with E-state index in [2.05, 4.69) is 26.2 Å². The van der Waals surface area contributed by atoms with Gasteiger partial charge in [-0.25, -0.2) is 4.79 Å². The minimum absolute atomic E-state index is 0.0564. The zero-order valence-corrected chi connectivity index (χ0v) is 12.7. The maximum absolute atomic E-state index is 12.1. The van der Waals surface area contributed by atoms with Crippen LogP contribution in [0.2, 0.25) is 5.02 Å². The lowest BCUT2D eigenvalue weighted by Crippen LogP contribution is -2.14. The van der Waals surface area contributed by atoms with E-state index in [9.17, 15) is 9.59 Å². The molecule has 3 N–H and O–H groups in total. The molecule has 2 rings (SSSR count). The van der Waals surface area contributed by atoms with Crippen molar-refractivity contribution in [2.75, 3.05) is 5.32 Å². The summed E-state index contributed by atoms with van der Waals surface area (Å²) >= 11 is 9.15. The minimum atomic E-state index is -1.14. The highest BCUT2D eigenvalue weighted by atomic mass is 79.9. The molecule has 0 spiro atoms. The fraction of sp³-hybridized carbons (Fsp3) is 0.0769. The van der Waals surface area contributed by atoms with E-state index in [1.807, 2.05) is 0 Å². The average Bonchev–Trinajstić information content (AvgIpc) is 2.73. The number of anilines is 1. The third-order valence-electron chi connectivity index (χ3n) is 2.60. The Morgan fingerprint density at radius 2 is 2.05 bits per heavy atom. The van der Waals surface area contributed by atoms with Gasteiger partial charge in [0.05, 0.1) is 10.7 Å². The molecule has 0 aliphatic carbocycles. The predicted octanol–water partition coefficient (Wildman–Crippen LogP) is 3.69. The summed E-state index contributed by atoms with van der Waals surface area (Å²) in [6.07, 6.45) is 0. The summed E-state index contributed by atoms with van der Waals surface area (Å²) in [4.78, 5) is 25.8. The van der Waals surface area contributed by atoms with Crippen LogP contribution in [-0.2, 0) is 0 Å². The van der Waals surface area contributed by atoms with Crippen LogP contribution in [0.15, 0.2) is 28.7 Å². The highest BCUT2D eigenvalue weighted by Crippen LogP contribution is 2.24. The van der Waals surface area contributed by atoms with Crippen LogP contribution in [0.1, 0.15) is 26.5 Å². The van der Waals surface area contributed by atoms with Gasteiger partial charge in [-0.2, -0.15) is 0 Å². The van der Waals surface area contributed by atoms with Gasteiger partial charge in [-0.1, -0.05) is 11.6 Å². The number of aromatic amines is 1. The van der Waals surface area contributed by atoms with Crippen molar-refractivity contribution >= 4 is 45.1 Å². The lowest BCUT2D eigenvalue weighted by molar-refractivity contribution is 0.0692. The topological polar surface area (TPSA) is 82.2 Å². The molecule has 0 fully saturated rings. The molecule has 0 atom stereocenters. The molecule has 0 saturated carbocycles. The number of H-pyrrole nitrogens is 1. The molecule has 1 aromatic heterocycles. The van der Waals surface area contributed by atoms with Gasteiger partial charge in [0.15, 0.2) is 0 Å². The standard InChI is InChI=1S/C13H10BrClN2O3/c1-6-4-10(11(16-6)13(19)20)17-12(18)7-2-3-8(14)9(15)5-7/h2-5,16H,1H3,(H,17,18)(H,19,20). The average molecular weight is 358 g/mol. The lowest BCUT2D eigenvalue weighted by atomic mass is 10.2. The van der Waals surface area contributed by atoms with Gasteiger partial charge < -0.3 is 15.4 Å². The van der Waals surface area contributed by atoms with Crippen LogP contribution in [0.3, 0.4) is 0 Å². The predicted molar refractivity (Wildman–Crippen MR) is 79.6 cm³/mol. The Bertz CT molecular complexity index is 697. The third-order valence-corrected chi connectivity index (χ3v) is 3.83. The maximum Gasteiger partial charge on any atom is 0.354 e. The largest absolute Gasteiger partial charge is 0.477 e. The van der Waals surface area contributed by atoms with Crippen molar-refractivity contribution in [1.82, 2.24) is 4.98 Å². The van der Waals surface area contributed by atoms with Crippen LogP contribution < -0.4 is 5.32 Å². The van der Waals surface area contributed by atoms with E-state index in [1.165, 1.54) is 6.07 Å². The molecule has 0 aliphatic heterocycles. The van der Waals surface area contributed by atoms with Crippen molar-refractivity contribution in [3.05, 3.63) is 50.7 Å². The Balaban J connectivity index is 2.27. The monoisotopic (exact) mass is 356 g/mol. The Morgan fingerprint density at radius 3 is 2.65 bits per heavy atom.